The predicted octanol–water partition coefficient (Wildman–Crippen LogP) is 3.58. The van der Waals surface area contributed by atoms with E-state index in [-0.39, 0.29) is 0 Å². The van der Waals surface area contributed by atoms with Gasteiger partial charge in [0.2, 0.25) is 0 Å². The summed E-state index contributed by atoms with van der Waals surface area (Å²) >= 11 is 0. The van der Waals surface area contributed by atoms with Crippen molar-refractivity contribution in [2.75, 3.05) is 19.6 Å². The molecule has 0 bridgehead atoms. The van der Waals surface area contributed by atoms with Crippen LogP contribution in [0.15, 0.2) is 41.6 Å². The Kier molecular flexibility index (Phi) is 4.18. The van der Waals surface area contributed by atoms with E-state index in [1.165, 1.54) is 56.5 Å². The van der Waals surface area contributed by atoms with Crippen molar-refractivity contribution in [2.45, 2.75) is 32.6 Å². The topological polar surface area (TPSA) is 15.6 Å². The molecule has 1 aliphatic heterocycles. The maximum Gasteiger partial charge on any atom is 0.0302 e. The Morgan fingerprint density at radius 2 is 1.89 bits per heavy atom. The molecule has 1 aliphatic carbocycles. The molecule has 18 heavy (non-hydrogen) atoms. The zero-order chi connectivity index (χ0) is 13.0. The first-order valence-electron chi connectivity index (χ1n) is 6.94. The second kappa shape index (κ2) is 5.66. The highest BCUT2D eigenvalue weighted by Gasteiger charge is 2.39. The Morgan fingerprint density at radius 1 is 1.22 bits per heavy atom. The van der Waals surface area contributed by atoms with Gasteiger partial charge in [0.25, 0.3) is 0 Å². The van der Waals surface area contributed by atoms with Crippen LogP contribution in [-0.4, -0.2) is 30.7 Å². The molecule has 0 aromatic rings. The average molecular weight is 244 g/mol. The van der Waals surface area contributed by atoms with Gasteiger partial charge in [0.15, 0.2) is 0 Å². The van der Waals surface area contributed by atoms with Gasteiger partial charge in [-0.05, 0) is 61.9 Å². The number of hydrogen-bond acceptors (Lipinski definition) is 2. The van der Waals surface area contributed by atoms with E-state index in [0.29, 0.717) is 5.41 Å². The summed E-state index contributed by atoms with van der Waals surface area (Å²) in [5.74, 6) is 0. The van der Waals surface area contributed by atoms with E-state index < -0.39 is 0 Å². The van der Waals surface area contributed by atoms with E-state index >= 15 is 0 Å². The zero-order valence-corrected chi connectivity index (χ0v) is 11.5. The summed E-state index contributed by atoms with van der Waals surface area (Å²) in [6.45, 7) is 13.5. The van der Waals surface area contributed by atoms with E-state index in [9.17, 15) is 0 Å². The van der Waals surface area contributed by atoms with Gasteiger partial charge in [0.05, 0.1) is 0 Å². The van der Waals surface area contributed by atoms with Crippen LogP contribution in [0.25, 0.3) is 0 Å². The molecule has 0 N–H and O–H groups in total. The fourth-order valence-corrected chi connectivity index (χ4v) is 3.27. The summed E-state index contributed by atoms with van der Waals surface area (Å²) in [5.41, 5.74) is 3.25. The van der Waals surface area contributed by atoms with E-state index in [1.807, 2.05) is 12.3 Å². The maximum absolute atomic E-state index is 4.18. The van der Waals surface area contributed by atoms with Crippen LogP contribution >= 0.6 is 0 Å². The Bertz CT molecular complexity index is 382. The number of aliphatic imine (C=N–C) groups is 1. The van der Waals surface area contributed by atoms with E-state index in [0.717, 1.165) is 0 Å². The van der Waals surface area contributed by atoms with E-state index in [1.54, 1.807) is 6.20 Å². The Hall–Kier alpha value is -1.15. The van der Waals surface area contributed by atoms with Crippen LogP contribution in [-0.2, 0) is 0 Å². The standard InChI is InChI=1S/C16H24N2/c1-4-14-11-16(12-15(14)13-17-5-2)7-9-18(6-3)10-8-16/h4-5,13H,1-2,6-12H2,3H3. The summed E-state index contributed by atoms with van der Waals surface area (Å²) in [4.78, 5) is 6.73. The summed E-state index contributed by atoms with van der Waals surface area (Å²) in [6, 6.07) is 0. The molecule has 98 valence electrons. The molecule has 1 fully saturated rings. The highest BCUT2D eigenvalue weighted by atomic mass is 15.1. The third-order valence-electron chi connectivity index (χ3n) is 4.49. The lowest BCUT2D eigenvalue weighted by molar-refractivity contribution is 0.116. The van der Waals surface area contributed by atoms with Crippen LogP contribution in [0.1, 0.15) is 32.6 Å². The van der Waals surface area contributed by atoms with E-state index in [2.05, 4.69) is 30.0 Å². The second-order valence-corrected chi connectivity index (χ2v) is 5.50. The first-order chi connectivity index (χ1) is 8.73. The fourth-order valence-electron chi connectivity index (χ4n) is 3.27. The summed E-state index contributed by atoms with van der Waals surface area (Å²) in [6.07, 6.45) is 10.6. The van der Waals surface area contributed by atoms with Crippen molar-refractivity contribution in [3.05, 3.63) is 36.6 Å². The monoisotopic (exact) mass is 244 g/mol. The molecule has 0 aromatic heterocycles. The van der Waals surface area contributed by atoms with Crippen LogP contribution in [0.4, 0.5) is 0 Å². The lowest BCUT2D eigenvalue weighted by Crippen LogP contribution is -2.39. The van der Waals surface area contributed by atoms with Crippen molar-refractivity contribution in [3.63, 3.8) is 0 Å². The fraction of sp³-hybridized carbons (Fsp3) is 0.562. The molecule has 1 saturated heterocycles. The minimum atomic E-state index is 0.484. The normalized spacial score (nSPS) is 24.1. The molecular weight excluding hydrogens is 220 g/mol. The number of allylic oxidation sites excluding steroid dienone is 3. The molecule has 0 atom stereocenters. The van der Waals surface area contributed by atoms with Crippen LogP contribution in [0, 0.1) is 5.41 Å². The third kappa shape index (κ3) is 2.64. The number of likely N-dealkylation sites (tertiary alicyclic amines) is 1. The number of rotatable bonds is 4. The zero-order valence-electron chi connectivity index (χ0n) is 11.5. The Balaban J connectivity index is 2.06. The van der Waals surface area contributed by atoms with Gasteiger partial charge in [-0.2, -0.15) is 0 Å². The van der Waals surface area contributed by atoms with Gasteiger partial charge >= 0.3 is 0 Å². The van der Waals surface area contributed by atoms with Crippen LogP contribution in [0.5, 0.6) is 0 Å². The molecule has 2 rings (SSSR count). The van der Waals surface area contributed by atoms with Gasteiger partial charge in [-0.1, -0.05) is 26.2 Å². The lowest BCUT2D eigenvalue weighted by atomic mass is 9.75. The Morgan fingerprint density at radius 3 is 2.44 bits per heavy atom. The molecule has 1 heterocycles. The molecule has 0 saturated carbocycles. The molecule has 0 amide bonds. The SMILES string of the molecule is C=CN=CC1=C(C=C)CC2(CCN(CC)CC2)C1. The van der Waals surface area contributed by atoms with Crippen molar-refractivity contribution < 1.29 is 0 Å². The number of hydrogen-bond donors (Lipinski definition) is 0. The first-order valence-corrected chi connectivity index (χ1v) is 6.94. The third-order valence-corrected chi connectivity index (χ3v) is 4.49. The van der Waals surface area contributed by atoms with Crippen molar-refractivity contribution >= 4 is 6.21 Å². The van der Waals surface area contributed by atoms with Crippen molar-refractivity contribution in [3.8, 4) is 0 Å². The first kappa shape index (κ1) is 13.3. The van der Waals surface area contributed by atoms with Crippen LogP contribution in [0.2, 0.25) is 0 Å². The van der Waals surface area contributed by atoms with Gasteiger partial charge < -0.3 is 4.90 Å². The van der Waals surface area contributed by atoms with Gasteiger partial charge in [0.1, 0.15) is 0 Å². The molecule has 1 spiro atoms. The number of piperidine rings is 1. The quantitative estimate of drug-likeness (QED) is 0.690. The largest absolute Gasteiger partial charge is 0.304 e. The van der Waals surface area contributed by atoms with Crippen molar-refractivity contribution in [1.29, 1.82) is 0 Å². The van der Waals surface area contributed by atoms with Gasteiger partial charge in [-0.25, -0.2) is 0 Å². The molecule has 0 aromatic carbocycles. The molecule has 2 nitrogen and oxygen atoms in total. The minimum absolute atomic E-state index is 0.484. The van der Waals surface area contributed by atoms with Crippen molar-refractivity contribution in [2.24, 2.45) is 10.4 Å². The summed E-state index contributed by atoms with van der Waals surface area (Å²) in [5, 5.41) is 0. The lowest BCUT2D eigenvalue weighted by Gasteiger charge is -2.39. The van der Waals surface area contributed by atoms with Crippen LogP contribution in [0.3, 0.4) is 0 Å². The van der Waals surface area contributed by atoms with Gasteiger partial charge in [-0.15, -0.1) is 0 Å². The molecule has 0 radical (unpaired) electrons. The highest BCUT2D eigenvalue weighted by molar-refractivity contribution is 5.82. The minimum Gasteiger partial charge on any atom is -0.304 e. The van der Waals surface area contributed by atoms with Crippen LogP contribution < -0.4 is 0 Å². The predicted molar refractivity (Wildman–Crippen MR) is 78.9 cm³/mol. The van der Waals surface area contributed by atoms with Gasteiger partial charge in [0, 0.05) is 12.4 Å². The Labute approximate surface area is 111 Å². The van der Waals surface area contributed by atoms with E-state index in [4.69, 9.17) is 0 Å². The van der Waals surface area contributed by atoms with Crippen molar-refractivity contribution in [1.82, 2.24) is 4.90 Å². The summed E-state index contributed by atoms with van der Waals surface area (Å²) in [7, 11) is 0. The summed E-state index contributed by atoms with van der Waals surface area (Å²) < 4.78 is 0. The molecule has 2 heteroatoms. The second-order valence-electron chi connectivity index (χ2n) is 5.50. The average Bonchev–Trinajstić information content (AvgIpc) is 2.75. The molecular formula is C16H24N2. The molecule has 0 unspecified atom stereocenters. The maximum atomic E-state index is 4.18. The van der Waals surface area contributed by atoms with Gasteiger partial charge in [-0.3, -0.25) is 4.99 Å². The molecule has 2 aliphatic rings. The smallest absolute Gasteiger partial charge is 0.0302 e. The number of nitrogens with zero attached hydrogens (tertiary/aromatic N) is 2. The highest BCUT2D eigenvalue weighted by Crippen LogP contribution is 2.48.